The quantitative estimate of drug-likeness (QED) is 0.171. The second kappa shape index (κ2) is 8.73. The van der Waals surface area contributed by atoms with Gasteiger partial charge >= 0.3 is 0 Å². The van der Waals surface area contributed by atoms with Gasteiger partial charge < -0.3 is 4.90 Å². The predicted molar refractivity (Wildman–Crippen MR) is 133 cm³/mol. The van der Waals surface area contributed by atoms with Gasteiger partial charge in [0, 0.05) is 47.2 Å². The maximum absolute atomic E-state index is 13.1. The smallest absolute Gasteiger partial charge is 0.269 e. The van der Waals surface area contributed by atoms with Crippen LogP contribution in [-0.4, -0.2) is 32.7 Å². The lowest BCUT2D eigenvalue weighted by molar-refractivity contribution is -0.384. The van der Waals surface area contributed by atoms with Crippen LogP contribution in [0.2, 0.25) is 0 Å². The number of nitro benzene ring substituents is 1. The van der Waals surface area contributed by atoms with E-state index in [1.807, 2.05) is 22.9 Å². The molecular formula is C22H18N4O4S3. The number of non-ortho nitro benzene ring substituents is 1. The standard InChI is InChI=1S/C22H18N4O4S3/c1-24-21(28)19-15(17-5-3-9-31-17)11-32-20(19)23-22(24)33-12-18(27)25-8-2-4-13-10-14(26(29)30)6-7-16(13)25/h3,5-7,9-11H,2,4,8,12H2,1H3. The largest absolute Gasteiger partial charge is 0.311 e. The van der Waals surface area contributed by atoms with Gasteiger partial charge in [-0.15, -0.1) is 22.7 Å². The SMILES string of the molecule is Cn1c(SCC(=O)N2CCCc3cc([N+](=O)[O-])ccc32)nc2scc(-c3cccs3)c2c1=O. The first-order chi connectivity index (χ1) is 15.9. The lowest BCUT2D eigenvalue weighted by Crippen LogP contribution is -2.36. The van der Waals surface area contributed by atoms with E-state index in [1.165, 1.54) is 33.7 Å². The lowest BCUT2D eigenvalue weighted by atomic mass is 10.0. The molecule has 0 radical (unpaired) electrons. The van der Waals surface area contributed by atoms with Crippen molar-refractivity contribution >= 4 is 61.9 Å². The van der Waals surface area contributed by atoms with Crippen molar-refractivity contribution < 1.29 is 9.72 Å². The summed E-state index contributed by atoms with van der Waals surface area (Å²) < 4.78 is 1.50. The molecule has 0 atom stereocenters. The van der Waals surface area contributed by atoms with E-state index >= 15 is 0 Å². The number of carbonyl (C=O) groups excluding carboxylic acids is 1. The van der Waals surface area contributed by atoms with Crippen molar-refractivity contribution in [2.75, 3.05) is 17.2 Å². The van der Waals surface area contributed by atoms with Gasteiger partial charge in [-0.25, -0.2) is 4.98 Å². The molecule has 4 aromatic rings. The molecule has 1 amide bonds. The summed E-state index contributed by atoms with van der Waals surface area (Å²) in [4.78, 5) is 44.8. The third kappa shape index (κ3) is 3.96. The number of fused-ring (bicyclic) bond motifs is 2. The first kappa shape index (κ1) is 21.8. The summed E-state index contributed by atoms with van der Waals surface area (Å²) in [6, 6.07) is 8.56. The minimum absolute atomic E-state index is 0.0304. The van der Waals surface area contributed by atoms with Crippen molar-refractivity contribution in [1.82, 2.24) is 9.55 Å². The van der Waals surface area contributed by atoms with E-state index in [9.17, 15) is 19.7 Å². The number of anilines is 1. The second-order valence-corrected chi connectivity index (χ2v) is 10.3. The molecule has 0 saturated carbocycles. The minimum atomic E-state index is -0.423. The number of nitrogens with zero attached hydrogens (tertiary/aromatic N) is 4. The third-order valence-electron chi connectivity index (χ3n) is 5.58. The summed E-state index contributed by atoms with van der Waals surface area (Å²) in [5, 5.41) is 16.1. The van der Waals surface area contributed by atoms with Crippen LogP contribution in [0.4, 0.5) is 11.4 Å². The average molecular weight is 499 g/mol. The van der Waals surface area contributed by atoms with E-state index in [0.29, 0.717) is 34.0 Å². The van der Waals surface area contributed by atoms with Crippen molar-refractivity contribution in [2.24, 2.45) is 7.05 Å². The van der Waals surface area contributed by atoms with Crippen molar-refractivity contribution in [3.8, 4) is 10.4 Å². The zero-order valence-electron chi connectivity index (χ0n) is 17.5. The number of hydrogen-bond acceptors (Lipinski definition) is 8. The van der Waals surface area contributed by atoms with E-state index in [-0.39, 0.29) is 22.9 Å². The number of rotatable bonds is 5. The molecule has 1 aliphatic heterocycles. The Balaban J connectivity index is 1.39. The molecule has 0 spiro atoms. The lowest BCUT2D eigenvalue weighted by Gasteiger charge is -2.29. The van der Waals surface area contributed by atoms with Gasteiger partial charge in [-0.3, -0.25) is 24.3 Å². The number of benzene rings is 1. The molecule has 0 bridgehead atoms. The third-order valence-corrected chi connectivity index (χ3v) is 8.37. The summed E-state index contributed by atoms with van der Waals surface area (Å²) in [6.07, 6.45) is 1.44. The Morgan fingerprint density at radius 2 is 2.15 bits per heavy atom. The van der Waals surface area contributed by atoms with Crippen molar-refractivity contribution in [3.63, 3.8) is 0 Å². The van der Waals surface area contributed by atoms with Gasteiger partial charge in [0.2, 0.25) is 5.91 Å². The summed E-state index contributed by atoms with van der Waals surface area (Å²) in [7, 11) is 1.67. The minimum Gasteiger partial charge on any atom is -0.311 e. The molecule has 33 heavy (non-hydrogen) atoms. The number of nitro groups is 1. The van der Waals surface area contributed by atoms with E-state index in [0.717, 1.165) is 22.4 Å². The summed E-state index contributed by atoms with van der Waals surface area (Å²) in [5.74, 6) is 0.000332. The number of amides is 1. The van der Waals surface area contributed by atoms with E-state index in [1.54, 1.807) is 35.4 Å². The molecule has 11 heteroatoms. The number of thiophene rings is 2. The normalized spacial score (nSPS) is 13.3. The van der Waals surface area contributed by atoms with Crippen LogP contribution in [0.25, 0.3) is 20.7 Å². The highest BCUT2D eigenvalue weighted by Crippen LogP contribution is 2.35. The van der Waals surface area contributed by atoms with Crippen molar-refractivity contribution in [1.29, 1.82) is 0 Å². The monoisotopic (exact) mass is 498 g/mol. The topological polar surface area (TPSA) is 98.3 Å². The Morgan fingerprint density at radius 3 is 2.91 bits per heavy atom. The Hall–Kier alpha value is -3.02. The highest BCUT2D eigenvalue weighted by atomic mass is 32.2. The van der Waals surface area contributed by atoms with Gasteiger partial charge in [0.15, 0.2) is 5.16 Å². The van der Waals surface area contributed by atoms with Gasteiger partial charge in [0.05, 0.1) is 16.1 Å². The summed E-state index contributed by atoms with van der Waals surface area (Å²) in [6.45, 7) is 0.560. The Morgan fingerprint density at radius 1 is 1.30 bits per heavy atom. The molecule has 4 heterocycles. The van der Waals surface area contributed by atoms with Crippen LogP contribution in [0.15, 0.2) is 51.0 Å². The van der Waals surface area contributed by atoms with Gasteiger partial charge in [-0.2, -0.15) is 0 Å². The highest BCUT2D eigenvalue weighted by molar-refractivity contribution is 7.99. The first-order valence-corrected chi connectivity index (χ1v) is 12.9. The maximum atomic E-state index is 13.1. The molecule has 0 saturated heterocycles. The molecular weight excluding hydrogens is 480 g/mol. The molecule has 5 rings (SSSR count). The van der Waals surface area contributed by atoms with E-state index in [2.05, 4.69) is 4.98 Å². The van der Waals surface area contributed by atoms with Crippen LogP contribution in [0.3, 0.4) is 0 Å². The van der Waals surface area contributed by atoms with Crippen LogP contribution >= 0.6 is 34.4 Å². The molecule has 168 valence electrons. The van der Waals surface area contributed by atoms with E-state index in [4.69, 9.17) is 0 Å². The molecule has 0 aliphatic carbocycles. The maximum Gasteiger partial charge on any atom is 0.269 e. The number of carbonyl (C=O) groups is 1. The number of aryl methyl sites for hydroxylation is 1. The zero-order chi connectivity index (χ0) is 23.1. The van der Waals surface area contributed by atoms with Crippen LogP contribution in [0.1, 0.15) is 12.0 Å². The average Bonchev–Trinajstić information content (AvgIpc) is 3.49. The first-order valence-electron chi connectivity index (χ1n) is 10.2. The second-order valence-electron chi connectivity index (χ2n) is 7.57. The Bertz CT molecular complexity index is 1440. The van der Waals surface area contributed by atoms with Crippen molar-refractivity contribution in [3.05, 3.63) is 67.1 Å². The molecule has 3 aromatic heterocycles. The van der Waals surface area contributed by atoms with Crippen LogP contribution < -0.4 is 10.5 Å². The Labute approximate surface area is 200 Å². The fourth-order valence-corrected chi connectivity index (χ4v) is 6.61. The van der Waals surface area contributed by atoms with Gasteiger partial charge in [-0.1, -0.05) is 17.8 Å². The molecule has 8 nitrogen and oxygen atoms in total. The fraction of sp³-hybridized carbons (Fsp3) is 0.227. The zero-order valence-corrected chi connectivity index (χ0v) is 20.0. The fourth-order valence-electron chi connectivity index (χ4n) is 3.96. The highest BCUT2D eigenvalue weighted by Gasteiger charge is 2.25. The van der Waals surface area contributed by atoms with Crippen molar-refractivity contribution in [2.45, 2.75) is 18.0 Å². The molecule has 1 aromatic carbocycles. The van der Waals surface area contributed by atoms with Gasteiger partial charge in [0.25, 0.3) is 11.2 Å². The number of aromatic nitrogens is 2. The van der Waals surface area contributed by atoms with Crippen LogP contribution in [0, 0.1) is 10.1 Å². The number of thioether (sulfide) groups is 1. The molecule has 1 aliphatic rings. The van der Waals surface area contributed by atoms with Crippen LogP contribution in [0.5, 0.6) is 0 Å². The molecule has 0 N–H and O–H groups in total. The van der Waals surface area contributed by atoms with E-state index < -0.39 is 4.92 Å². The Kier molecular flexibility index (Phi) is 5.77. The molecule has 0 fully saturated rings. The van der Waals surface area contributed by atoms with Gasteiger partial charge in [0.1, 0.15) is 4.83 Å². The van der Waals surface area contributed by atoms with Crippen LogP contribution in [-0.2, 0) is 18.3 Å². The molecule has 0 unspecified atom stereocenters. The predicted octanol–water partition coefficient (Wildman–Crippen LogP) is 4.70. The summed E-state index contributed by atoms with van der Waals surface area (Å²) >= 11 is 4.23. The number of hydrogen-bond donors (Lipinski definition) is 0. The summed E-state index contributed by atoms with van der Waals surface area (Å²) in [5.41, 5.74) is 2.32. The van der Waals surface area contributed by atoms with Gasteiger partial charge in [-0.05, 0) is 35.9 Å².